The monoisotopic (exact) mass is 407 g/mol. The number of rotatable bonds is 7. The molecule has 0 aliphatic carbocycles. The molecule has 1 aromatic heterocycles. The number of carbonyl (C=O) groups is 1. The molecule has 0 unspecified atom stereocenters. The van der Waals surface area contributed by atoms with Gasteiger partial charge in [0, 0.05) is 17.8 Å². The van der Waals surface area contributed by atoms with Crippen LogP contribution in [0.5, 0.6) is 5.75 Å². The van der Waals surface area contributed by atoms with Crippen molar-refractivity contribution < 1.29 is 9.53 Å². The molecule has 0 bridgehead atoms. The maximum atomic E-state index is 12.6. The van der Waals surface area contributed by atoms with Gasteiger partial charge in [0.1, 0.15) is 5.75 Å². The predicted molar refractivity (Wildman–Crippen MR) is 113 cm³/mol. The molecular formula is C21H21N5O2S. The molecule has 148 valence electrons. The predicted octanol–water partition coefficient (Wildman–Crippen LogP) is 3.96. The Balaban J connectivity index is 1.74. The Hall–Kier alpha value is -3.31. The zero-order valence-corrected chi connectivity index (χ0v) is 17.2. The minimum Gasteiger partial charge on any atom is -0.497 e. The summed E-state index contributed by atoms with van der Waals surface area (Å²) in [4.78, 5) is 12.6. The summed E-state index contributed by atoms with van der Waals surface area (Å²) in [5.41, 5.74) is 2.02. The fourth-order valence-electron chi connectivity index (χ4n) is 2.74. The highest BCUT2D eigenvalue weighted by Crippen LogP contribution is 2.28. The lowest BCUT2D eigenvalue weighted by molar-refractivity contribution is -0.115. The summed E-state index contributed by atoms with van der Waals surface area (Å²) in [6.45, 7) is 4.50. The number of aromatic nitrogens is 3. The van der Waals surface area contributed by atoms with Crippen LogP contribution < -0.4 is 10.1 Å². The average molecular weight is 407 g/mol. The molecule has 29 heavy (non-hydrogen) atoms. The van der Waals surface area contributed by atoms with Gasteiger partial charge in [-0.2, -0.15) is 5.26 Å². The maximum absolute atomic E-state index is 12.6. The number of methoxy groups -OCH3 is 1. The second-order valence-electron chi connectivity index (χ2n) is 6.22. The van der Waals surface area contributed by atoms with Gasteiger partial charge < -0.3 is 14.6 Å². The van der Waals surface area contributed by atoms with E-state index in [2.05, 4.69) is 21.6 Å². The molecule has 3 rings (SSSR count). The fourth-order valence-corrected chi connectivity index (χ4v) is 3.65. The van der Waals surface area contributed by atoms with Crippen LogP contribution in [-0.2, 0) is 11.3 Å². The van der Waals surface area contributed by atoms with E-state index in [1.807, 2.05) is 42.7 Å². The summed E-state index contributed by atoms with van der Waals surface area (Å²) in [5, 5.41) is 20.7. The Bertz CT molecular complexity index is 1040. The Morgan fingerprint density at radius 1 is 1.28 bits per heavy atom. The van der Waals surface area contributed by atoms with Crippen LogP contribution >= 0.6 is 11.8 Å². The first kappa shape index (κ1) is 20.4. The van der Waals surface area contributed by atoms with Crippen molar-refractivity contribution in [2.45, 2.75) is 30.8 Å². The number of hydrogen-bond acceptors (Lipinski definition) is 6. The van der Waals surface area contributed by atoms with Gasteiger partial charge >= 0.3 is 0 Å². The normalized spacial score (nSPS) is 11.5. The van der Waals surface area contributed by atoms with Crippen LogP contribution in [0.4, 0.5) is 5.69 Å². The Labute approximate surface area is 173 Å². The van der Waals surface area contributed by atoms with Gasteiger partial charge in [-0.1, -0.05) is 17.8 Å². The minimum absolute atomic E-state index is 0.165. The molecule has 0 fully saturated rings. The third-order valence-corrected chi connectivity index (χ3v) is 5.37. The Kier molecular flexibility index (Phi) is 6.52. The van der Waals surface area contributed by atoms with Crippen LogP contribution in [0.15, 0.2) is 53.7 Å². The highest BCUT2D eigenvalue weighted by atomic mass is 32.2. The summed E-state index contributed by atoms with van der Waals surface area (Å²) in [6.07, 6.45) is 0. The number of hydrogen-bond donors (Lipinski definition) is 1. The van der Waals surface area contributed by atoms with Crippen molar-refractivity contribution in [3.63, 3.8) is 0 Å². The number of carbonyl (C=O) groups excluding carboxylic acids is 1. The number of benzene rings is 2. The molecule has 1 heterocycles. The molecule has 7 nitrogen and oxygen atoms in total. The summed E-state index contributed by atoms with van der Waals surface area (Å²) >= 11 is 1.34. The fraction of sp³-hybridized carbons (Fsp3) is 0.238. The molecule has 8 heteroatoms. The van der Waals surface area contributed by atoms with E-state index in [-0.39, 0.29) is 11.2 Å². The van der Waals surface area contributed by atoms with E-state index in [1.54, 1.807) is 31.4 Å². The van der Waals surface area contributed by atoms with E-state index < -0.39 is 0 Å². The summed E-state index contributed by atoms with van der Waals surface area (Å²) in [6, 6.07) is 16.5. The number of anilines is 1. The van der Waals surface area contributed by atoms with Crippen molar-refractivity contribution in [1.82, 2.24) is 14.8 Å². The molecule has 3 aromatic rings. The molecule has 0 saturated heterocycles. The lowest BCUT2D eigenvalue weighted by Crippen LogP contribution is -2.23. The molecule has 0 saturated carbocycles. The Morgan fingerprint density at radius 2 is 2.03 bits per heavy atom. The highest BCUT2D eigenvalue weighted by Gasteiger charge is 2.20. The molecule has 2 aromatic carbocycles. The summed E-state index contributed by atoms with van der Waals surface area (Å²) in [5.74, 6) is 1.35. The van der Waals surface area contributed by atoms with Crippen LogP contribution in [0.2, 0.25) is 0 Å². The van der Waals surface area contributed by atoms with Gasteiger partial charge in [-0.05, 0) is 56.3 Å². The molecule has 0 aliphatic rings. The lowest BCUT2D eigenvalue weighted by Gasteiger charge is -2.13. The number of nitriles is 1. The number of nitrogens with one attached hydrogen (secondary N) is 1. The van der Waals surface area contributed by atoms with Gasteiger partial charge in [0.15, 0.2) is 11.0 Å². The minimum atomic E-state index is -0.390. The van der Waals surface area contributed by atoms with E-state index in [0.717, 1.165) is 17.1 Å². The third-order valence-electron chi connectivity index (χ3n) is 4.29. The van der Waals surface area contributed by atoms with Gasteiger partial charge in [-0.15, -0.1) is 10.2 Å². The van der Waals surface area contributed by atoms with Crippen LogP contribution in [0, 0.1) is 11.3 Å². The maximum Gasteiger partial charge on any atom is 0.237 e. The zero-order chi connectivity index (χ0) is 20.8. The van der Waals surface area contributed by atoms with E-state index in [9.17, 15) is 4.79 Å². The van der Waals surface area contributed by atoms with Crippen molar-refractivity contribution in [3.8, 4) is 23.2 Å². The first-order chi connectivity index (χ1) is 14.0. The number of ether oxygens (including phenoxy) is 1. The van der Waals surface area contributed by atoms with Crippen molar-refractivity contribution >= 4 is 23.4 Å². The number of amides is 1. The van der Waals surface area contributed by atoms with Crippen LogP contribution in [0.1, 0.15) is 19.4 Å². The smallest absolute Gasteiger partial charge is 0.237 e. The van der Waals surface area contributed by atoms with E-state index >= 15 is 0 Å². The van der Waals surface area contributed by atoms with Crippen LogP contribution in [0.3, 0.4) is 0 Å². The molecule has 1 N–H and O–H groups in total. The van der Waals surface area contributed by atoms with Gasteiger partial charge in [0.25, 0.3) is 0 Å². The van der Waals surface area contributed by atoms with Gasteiger partial charge in [-0.3, -0.25) is 4.79 Å². The molecule has 0 spiro atoms. The standard InChI is InChI=1S/C21H21N5O2S/c1-4-26-19(16-8-10-18(28-3)11-9-16)24-25-21(26)29-14(2)20(27)23-17-7-5-6-15(12-17)13-22/h5-12,14H,4H2,1-3H3,(H,23,27)/t14-/m0/s1. The summed E-state index contributed by atoms with van der Waals surface area (Å²) < 4.78 is 7.18. The lowest BCUT2D eigenvalue weighted by atomic mass is 10.2. The topological polar surface area (TPSA) is 92.8 Å². The van der Waals surface area contributed by atoms with Crippen molar-refractivity contribution in [3.05, 3.63) is 54.1 Å². The second-order valence-corrected chi connectivity index (χ2v) is 7.53. The number of thioether (sulfide) groups is 1. The SMILES string of the molecule is CCn1c(S[C@@H](C)C(=O)Nc2cccc(C#N)c2)nnc1-c1ccc(OC)cc1. The van der Waals surface area contributed by atoms with Crippen LogP contribution in [0.25, 0.3) is 11.4 Å². The van der Waals surface area contributed by atoms with E-state index in [1.165, 1.54) is 11.8 Å². The van der Waals surface area contributed by atoms with Crippen molar-refractivity contribution in [2.75, 3.05) is 12.4 Å². The molecular weight excluding hydrogens is 386 g/mol. The second kappa shape index (κ2) is 9.26. The largest absolute Gasteiger partial charge is 0.497 e. The van der Waals surface area contributed by atoms with Crippen molar-refractivity contribution in [2.24, 2.45) is 0 Å². The Morgan fingerprint density at radius 3 is 2.69 bits per heavy atom. The number of nitrogens with zero attached hydrogens (tertiary/aromatic N) is 4. The highest BCUT2D eigenvalue weighted by molar-refractivity contribution is 8.00. The zero-order valence-electron chi connectivity index (χ0n) is 16.4. The van der Waals surface area contributed by atoms with Gasteiger partial charge in [-0.25, -0.2) is 0 Å². The molecule has 0 radical (unpaired) electrons. The molecule has 0 aliphatic heterocycles. The average Bonchev–Trinajstić information content (AvgIpc) is 3.16. The van der Waals surface area contributed by atoms with Gasteiger partial charge in [0.2, 0.25) is 5.91 Å². The van der Waals surface area contributed by atoms with E-state index in [0.29, 0.717) is 23.0 Å². The quantitative estimate of drug-likeness (QED) is 0.596. The summed E-state index contributed by atoms with van der Waals surface area (Å²) in [7, 11) is 1.63. The van der Waals surface area contributed by atoms with Crippen LogP contribution in [-0.4, -0.2) is 33.0 Å². The third kappa shape index (κ3) is 4.76. The van der Waals surface area contributed by atoms with Crippen molar-refractivity contribution in [1.29, 1.82) is 5.26 Å². The first-order valence-electron chi connectivity index (χ1n) is 9.11. The van der Waals surface area contributed by atoms with Gasteiger partial charge in [0.05, 0.1) is 24.0 Å². The molecule has 1 amide bonds. The van der Waals surface area contributed by atoms with E-state index in [4.69, 9.17) is 10.00 Å². The first-order valence-corrected chi connectivity index (χ1v) is 9.99. The molecule has 1 atom stereocenters.